The Balaban J connectivity index is 2.87. The third kappa shape index (κ3) is 3.81. The van der Waals surface area contributed by atoms with Gasteiger partial charge >= 0.3 is 12.2 Å². The van der Waals surface area contributed by atoms with Crippen molar-refractivity contribution >= 4 is 29.3 Å². The van der Waals surface area contributed by atoms with E-state index in [9.17, 15) is 18.0 Å². The van der Waals surface area contributed by atoms with Gasteiger partial charge in [-0.1, -0.05) is 11.6 Å². The summed E-state index contributed by atoms with van der Waals surface area (Å²) in [7, 11) is 0. The number of hydrogen-bond acceptors (Lipinski definition) is 2. The Morgan fingerprint density at radius 2 is 2.00 bits per heavy atom. The van der Waals surface area contributed by atoms with Gasteiger partial charge in [-0.25, -0.2) is 4.79 Å². The first-order valence-electron chi connectivity index (χ1n) is 4.49. The summed E-state index contributed by atoms with van der Waals surface area (Å²) < 4.78 is 37.0. The van der Waals surface area contributed by atoms with Crippen molar-refractivity contribution in [1.82, 2.24) is 5.32 Å². The number of benzene rings is 1. The highest BCUT2D eigenvalue weighted by Gasteiger charge is 2.30. The molecule has 0 aliphatic heterocycles. The van der Waals surface area contributed by atoms with Crippen molar-refractivity contribution < 1.29 is 18.0 Å². The second-order valence-corrected chi connectivity index (χ2v) is 3.59. The zero-order valence-electron chi connectivity index (χ0n) is 8.73. The first kappa shape index (κ1) is 14.1. The van der Waals surface area contributed by atoms with Gasteiger partial charge in [-0.15, -0.1) is 0 Å². The van der Waals surface area contributed by atoms with E-state index in [1.54, 1.807) is 0 Å². The van der Waals surface area contributed by atoms with Crippen molar-refractivity contribution in [2.24, 2.45) is 5.73 Å². The molecule has 98 valence electrons. The summed E-state index contributed by atoms with van der Waals surface area (Å²) >= 11 is 5.61. The summed E-state index contributed by atoms with van der Waals surface area (Å²) in [6, 6.07) is 1.57. The van der Waals surface area contributed by atoms with Crippen LogP contribution in [0.3, 0.4) is 0 Å². The van der Waals surface area contributed by atoms with Crippen molar-refractivity contribution in [3.05, 3.63) is 28.8 Å². The number of anilines is 1. The van der Waals surface area contributed by atoms with Gasteiger partial charge in [0.05, 0.1) is 16.3 Å². The maximum Gasteiger partial charge on any atom is 0.416 e. The van der Waals surface area contributed by atoms with Crippen LogP contribution >= 0.6 is 11.6 Å². The number of amides is 2. The molecule has 0 unspecified atom stereocenters. The monoisotopic (exact) mass is 280 g/mol. The summed E-state index contributed by atoms with van der Waals surface area (Å²) in [5.74, 6) is -0.496. The number of primary amides is 1. The number of nitrogens with two attached hydrogens (primary N) is 1. The van der Waals surface area contributed by atoms with E-state index in [1.165, 1.54) is 0 Å². The molecule has 2 amide bonds. The van der Waals surface area contributed by atoms with Gasteiger partial charge in [-0.05, 0) is 18.2 Å². The number of carbonyl (C=O) groups is 1. The van der Waals surface area contributed by atoms with E-state index >= 15 is 0 Å². The van der Waals surface area contributed by atoms with E-state index in [0.29, 0.717) is 6.07 Å². The highest BCUT2D eigenvalue weighted by Crippen LogP contribution is 2.33. The van der Waals surface area contributed by atoms with Gasteiger partial charge in [-0.2, -0.15) is 13.2 Å². The molecule has 1 aromatic rings. The lowest BCUT2D eigenvalue weighted by atomic mass is 10.2. The van der Waals surface area contributed by atoms with Gasteiger partial charge in [0.1, 0.15) is 0 Å². The third-order valence-electron chi connectivity index (χ3n) is 1.80. The molecule has 0 bridgehead atoms. The second kappa shape index (κ2) is 5.13. The van der Waals surface area contributed by atoms with E-state index < -0.39 is 23.7 Å². The first-order chi connectivity index (χ1) is 8.20. The number of alkyl halides is 3. The van der Waals surface area contributed by atoms with Gasteiger partial charge < -0.3 is 11.1 Å². The zero-order chi connectivity index (χ0) is 13.9. The van der Waals surface area contributed by atoms with Crippen LogP contribution in [0.2, 0.25) is 5.02 Å². The van der Waals surface area contributed by atoms with Crippen LogP contribution in [-0.2, 0) is 6.18 Å². The zero-order valence-corrected chi connectivity index (χ0v) is 9.49. The summed E-state index contributed by atoms with van der Waals surface area (Å²) in [5.41, 5.74) is 3.89. The molecule has 1 rings (SSSR count). The van der Waals surface area contributed by atoms with Crippen LogP contribution in [0.4, 0.5) is 23.7 Å². The number of nitrogens with one attached hydrogen (secondary N) is 3. The standard InChI is InChI=1S/C9H8ClF3N4O/c10-5-3-4(9(11,12)13)1-2-6(5)16-7(14)17-8(15)18/h1-3H,(H5,14,15,16,17,18). The van der Waals surface area contributed by atoms with Crippen LogP contribution < -0.4 is 16.4 Å². The second-order valence-electron chi connectivity index (χ2n) is 3.18. The number of guanidine groups is 1. The third-order valence-corrected chi connectivity index (χ3v) is 2.12. The van der Waals surface area contributed by atoms with Crippen LogP contribution in [0.25, 0.3) is 0 Å². The SMILES string of the molecule is N=C(NC(N)=O)Nc1ccc(C(F)(F)F)cc1Cl. The van der Waals surface area contributed by atoms with E-state index in [0.717, 1.165) is 12.1 Å². The Kier molecular flexibility index (Phi) is 4.02. The van der Waals surface area contributed by atoms with Crippen LogP contribution in [0.1, 0.15) is 5.56 Å². The van der Waals surface area contributed by atoms with Gasteiger partial charge in [0.2, 0.25) is 5.96 Å². The van der Waals surface area contributed by atoms with Gasteiger partial charge in [0.25, 0.3) is 0 Å². The van der Waals surface area contributed by atoms with Crippen molar-refractivity contribution in [2.75, 3.05) is 5.32 Å². The minimum atomic E-state index is -4.50. The average molecular weight is 281 g/mol. The van der Waals surface area contributed by atoms with Crippen molar-refractivity contribution in [3.63, 3.8) is 0 Å². The van der Waals surface area contributed by atoms with E-state index in [4.69, 9.17) is 22.7 Å². The van der Waals surface area contributed by atoms with E-state index in [1.807, 2.05) is 5.32 Å². The van der Waals surface area contributed by atoms with Crippen molar-refractivity contribution in [1.29, 1.82) is 5.41 Å². The van der Waals surface area contributed by atoms with Crippen molar-refractivity contribution in [2.45, 2.75) is 6.18 Å². The average Bonchev–Trinajstić information content (AvgIpc) is 2.18. The number of hydrogen-bond donors (Lipinski definition) is 4. The molecular formula is C9H8ClF3N4O. The lowest BCUT2D eigenvalue weighted by molar-refractivity contribution is -0.137. The summed E-state index contributed by atoms with van der Waals surface area (Å²) in [4.78, 5) is 10.4. The fourth-order valence-electron chi connectivity index (χ4n) is 1.08. The minimum Gasteiger partial charge on any atom is -0.351 e. The molecule has 18 heavy (non-hydrogen) atoms. The largest absolute Gasteiger partial charge is 0.416 e. The Hall–Kier alpha value is -1.96. The number of urea groups is 1. The Morgan fingerprint density at radius 3 is 2.44 bits per heavy atom. The van der Waals surface area contributed by atoms with Crippen LogP contribution in [0, 0.1) is 5.41 Å². The molecule has 0 atom stereocenters. The fourth-order valence-corrected chi connectivity index (χ4v) is 1.31. The Bertz CT molecular complexity index is 489. The van der Waals surface area contributed by atoms with Crippen molar-refractivity contribution in [3.8, 4) is 0 Å². The number of rotatable bonds is 1. The van der Waals surface area contributed by atoms with Gasteiger partial charge in [-0.3, -0.25) is 10.7 Å². The molecule has 0 aromatic heterocycles. The molecular weight excluding hydrogens is 273 g/mol. The number of halogens is 4. The Morgan fingerprint density at radius 1 is 1.39 bits per heavy atom. The normalized spacial score (nSPS) is 10.9. The lowest BCUT2D eigenvalue weighted by Crippen LogP contribution is -2.38. The van der Waals surface area contributed by atoms with Gasteiger partial charge in [0.15, 0.2) is 0 Å². The maximum absolute atomic E-state index is 12.3. The summed E-state index contributed by atoms with van der Waals surface area (Å²) in [6.07, 6.45) is -4.50. The molecule has 0 radical (unpaired) electrons. The molecule has 0 aliphatic rings. The fraction of sp³-hybridized carbons (Fsp3) is 0.111. The molecule has 0 heterocycles. The molecule has 0 fully saturated rings. The first-order valence-corrected chi connectivity index (χ1v) is 4.86. The topological polar surface area (TPSA) is 91.0 Å². The molecule has 5 nitrogen and oxygen atoms in total. The molecule has 0 spiro atoms. The van der Waals surface area contributed by atoms with Crippen LogP contribution in [0.15, 0.2) is 18.2 Å². The molecule has 1 aromatic carbocycles. The maximum atomic E-state index is 12.3. The highest BCUT2D eigenvalue weighted by molar-refractivity contribution is 6.33. The van der Waals surface area contributed by atoms with Crippen LogP contribution in [-0.4, -0.2) is 12.0 Å². The van der Waals surface area contributed by atoms with Gasteiger partial charge in [0, 0.05) is 0 Å². The quantitative estimate of drug-likeness (QED) is 0.470. The van der Waals surface area contributed by atoms with E-state index in [2.05, 4.69) is 5.32 Å². The predicted molar refractivity (Wildman–Crippen MR) is 60.5 cm³/mol. The molecule has 0 aliphatic carbocycles. The predicted octanol–water partition coefficient (Wildman–Crippen LogP) is 2.37. The smallest absolute Gasteiger partial charge is 0.351 e. The lowest BCUT2D eigenvalue weighted by Gasteiger charge is -2.12. The molecule has 0 saturated heterocycles. The molecule has 9 heteroatoms. The summed E-state index contributed by atoms with van der Waals surface area (Å²) in [5, 5.41) is 11.2. The molecule has 5 N–H and O–H groups in total. The number of carbonyl (C=O) groups excluding carboxylic acids is 1. The van der Waals surface area contributed by atoms with Crippen LogP contribution in [0.5, 0.6) is 0 Å². The Labute approximate surface area is 105 Å². The van der Waals surface area contributed by atoms with E-state index in [-0.39, 0.29) is 10.7 Å². The highest BCUT2D eigenvalue weighted by atomic mass is 35.5. The minimum absolute atomic E-state index is 0.0448. The molecule has 0 saturated carbocycles. The summed E-state index contributed by atoms with van der Waals surface area (Å²) in [6.45, 7) is 0.